The molecule has 1 N–H and O–H groups in total. The zero-order chi connectivity index (χ0) is 8.59. The number of aryl methyl sites for hydroxylation is 2. The number of rotatable bonds is 0. The molecule has 60 valence electrons. The standard InChI is InChI=1S/C8H10ClNO/c1-4-5(2)10-6(3)7(9)8(4)11/h1-3H3,(H,10,11). The molecule has 0 atom stereocenters. The van der Waals surface area contributed by atoms with Gasteiger partial charge in [-0.3, -0.25) is 4.79 Å². The van der Waals surface area contributed by atoms with E-state index < -0.39 is 0 Å². The van der Waals surface area contributed by atoms with Gasteiger partial charge < -0.3 is 4.98 Å². The number of halogens is 1. The van der Waals surface area contributed by atoms with E-state index in [0.717, 1.165) is 11.4 Å². The van der Waals surface area contributed by atoms with Gasteiger partial charge in [0.25, 0.3) is 0 Å². The summed E-state index contributed by atoms with van der Waals surface area (Å²) in [5.41, 5.74) is 2.25. The molecule has 0 bridgehead atoms. The Morgan fingerprint density at radius 3 is 2.27 bits per heavy atom. The first-order valence-corrected chi connectivity index (χ1v) is 3.77. The fourth-order valence-corrected chi connectivity index (χ4v) is 1.12. The summed E-state index contributed by atoms with van der Waals surface area (Å²) in [5.74, 6) is 0. The van der Waals surface area contributed by atoms with Crippen LogP contribution in [0.2, 0.25) is 5.02 Å². The van der Waals surface area contributed by atoms with Crippen LogP contribution in [0.5, 0.6) is 0 Å². The van der Waals surface area contributed by atoms with Crippen LogP contribution in [0.15, 0.2) is 4.79 Å². The Morgan fingerprint density at radius 2 is 1.73 bits per heavy atom. The molecule has 1 aromatic rings. The minimum absolute atomic E-state index is 0.0691. The van der Waals surface area contributed by atoms with Crippen LogP contribution in [-0.2, 0) is 0 Å². The number of nitrogens with one attached hydrogen (secondary N) is 1. The number of hydrogen-bond donors (Lipinski definition) is 1. The highest BCUT2D eigenvalue weighted by Crippen LogP contribution is 2.09. The Hall–Kier alpha value is -0.760. The smallest absolute Gasteiger partial charge is 0.203 e. The Labute approximate surface area is 70.2 Å². The van der Waals surface area contributed by atoms with Gasteiger partial charge in [-0.05, 0) is 20.8 Å². The second-order valence-corrected chi connectivity index (χ2v) is 3.02. The number of aromatic nitrogens is 1. The van der Waals surface area contributed by atoms with E-state index in [1.807, 2.05) is 6.92 Å². The van der Waals surface area contributed by atoms with Crippen molar-refractivity contribution in [2.45, 2.75) is 20.8 Å². The highest BCUT2D eigenvalue weighted by Gasteiger charge is 2.05. The molecule has 0 aromatic carbocycles. The number of aromatic amines is 1. The molecule has 11 heavy (non-hydrogen) atoms. The molecular weight excluding hydrogens is 162 g/mol. The highest BCUT2D eigenvalue weighted by molar-refractivity contribution is 6.31. The zero-order valence-electron chi connectivity index (χ0n) is 6.79. The number of H-pyrrole nitrogens is 1. The summed E-state index contributed by atoms with van der Waals surface area (Å²) in [6.45, 7) is 5.41. The van der Waals surface area contributed by atoms with E-state index in [1.54, 1.807) is 13.8 Å². The van der Waals surface area contributed by atoms with Gasteiger partial charge in [0.05, 0.1) is 0 Å². The highest BCUT2D eigenvalue weighted by atomic mass is 35.5. The predicted molar refractivity (Wildman–Crippen MR) is 46.3 cm³/mol. The molecule has 3 heteroatoms. The molecule has 0 unspecified atom stereocenters. The van der Waals surface area contributed by atoms with Gasteiger partial charge in [-0.25, -0.2) is 0 Å². The number of pyridine rings is 1. The Balaban J connectivity index is 3.59. The minimum atomic E-state index is -0.0691. The molecule has 0 amide bonds. The third-order valence-electron chi connectivity index (χ3n) is 1.81. The van der Waals surface area contributed by atoms with Crippen molar-refractivity contribution in [2.75, 3.05) is 0 Å². The topological polar surface area (TPSA) is 32.9 Å². The zero-order valence-corrected chi connectivity index (χ0v) is 7.54. The Bertz CT molecular complexity index is 311. The second kappa shape index (κ2) is 2.70. The molecule has 0 fully saturated rings. The maximum atomic E-state index is 11.3. The first-order chi connectivity index (χ1) is 5.04. The van der Waals surface area contributed by atoms with E-state index in [4.69, 9.17) is 11.6 Å². The van der Waals surface area contributed by atoms with Crippen LogP contribution in [0.3, 0.4) is 0 Å². The van der Waals surface area contributed by atoms with Crippen LogP contribution >= 0.6 is 11.6 Å². The van der Waals surface area contributed by atoms with Crippen molar-refractivity contribution in [1.29, 1.82) is 0 Å². The lowest BCUT2D eigenvalue weighted by atomic mass is 10.2. The fraction of sp³-hybridized carbons (Fsp3) is 0.375. The Kier molecular flexibility index (Phi) is 2.05. The molecular formula is C8H10ClNO. The van der Waals surface area contributed by atoms with Gasteiger partial charge in [0, 0.05) is 17.0 Å². The molecule has 1 aromatic heterocycles. The van der Waals surface area contributed by atoms with E-state index >= 15 is 0 Å². The number of hydrogen-bond acceptors (Lipinski definition) is 1. The van der Waals surface area contributed by atoms with Gasteiger partial charge >= 0.3 is 0 Å². The minimum Gasteiger partial charge on any atom is -0.361 e. The normalized spacial score (nSPS) is 10.2. The van der Waals surface area contributed by atoms with E-state index in [2.05, 4.69) is 4.98 Å². The Morgan fingerprint density at radius 1 is 1.18 bits per heavy atom. The lowest BCUT2D eigenvalue weighted by Gasteiger charge is -2.02. The predicted octanol–water partition coefficient (Wildman–Crippen LogP) is 1.95. The average Bonchev–Trinajstić information content (AvgIpc) is 1.97. The van der Waals surface area contributed by atoms with Crippen LogP contribution in [0.1, 0.15) is 17.0 Å². The molecule has 0 aliphatic carbocycles. The second-order valence-electron chi connectivity index (χ2n) is 2.64. The third-order valence-corrected chi connectivity index (χ3v) is 2.26. The lowest BCUT2D eigenvalue weighted by Crippen LogP contribution is -2.11. The van der Waals surface area contributed by atoms with Crippen LogP contribution in [-0.4, -0.2) is 4.98 Å². The van der Waals surface area contributed by atoms with E-state index in [9.17, 15) is 4.79 Å². The SMILES string of the molecule is Cc1[nH]c(C)c(Cl)c(=O)c1C. The van der Waals surface area contributed by atoms with Crippen molar-refractivity contribution >= 4 is 11.6 Å². The van der Waals surface area contributed by atoms with Crippen molar-refractivity contribution in [3.8, 4) is 0 Å². The molecule has 0 aliphatic heterocycles. The maximum absolute atomic E-state index is 11.3. The molecule has 0 radical (unpaired) electrons. The summed E-state index contributed by atoms with van der Waals surface area (Å²) in [5, 5.41) is 0.299. The van der Waals surface area contributed by atoms with E-state index in [0.29, 0.717) is 10.6 Å². The molecule has 0 saturated heterocycles. The van der Waals surface area contributed by atoms with Gasteiger partial charge in [-0.1, -0.05) is 11.6 Å². The summed E-state index contributed by atoms with van der Waals surface area (Å²) in [7, 11) is 0. The van der Waals surface area contributed by atoms with Crippen LogP contribution in [0.4, 0.5) is 0 Å². The van der Waals surface area contributed by atoms with Crippen molar-refractivity contribution in [3.05, 3.63) is 32.2 Å². The fourth-order valence-electron chi connectivity index (χ4n) is 0.935. The molecule has 1 heterocycles. The average molecular weight is 172 g/mol. The van der Waals surface area contributed by atoms with Crippen molar-refractivity contribution in [3.63, 3.8) is 0 Å². The first-order valence-electron chi connectivity index (χ1n) is 3.39. The van der Waals surface area contributed by atoms with Crippen LogP contribution in [0, 0.1) is 20.8 Å². The molecule has 1 rings (SSSR count). The van der Waals surface area contributed by atoms with Gasteiger partial charge in [-0.2, -0.15) is 0 Å². The lowest BCUT2D eigenvalue weighted by molar-refractivity contribution is 1.07. The molecule has 0 aliphatic rings. The summed E-state index contributed by atoms with van der Waals surface area (Å²) in [6, 6.07) is 0. The summed E-state index contributed by atoms with van der Waals surface area (Å²) in [4.78, 5) is 14.3. The van der Waals surface area contributed by atoms with Gasteiger partial charge in [-0.15, -0.1) is 0 Å². The summed E-state index contributed by atoms with van der Waals surface area (Å²) < 4.78 is 0. The van der Waals surface area contributed by atoms with Gasteiger partial charge in [0.2, 0.25) is 5.43 Å². The van der Waals surface area contributed by atoms with E-state index in [-0.39, 0.29) is 5.43 Å². The van der Waals surface area contributed by atoms with Crippen molar-refractivity contribution < 1.29 is 0 Å². The van der Waals surface area contributed by atoms with Crippen LogP contribution in [0.25, 0.3) is 0 Å². The molecule has 0 spiro atoms. The van der Waals surface area contributed by atoms with Crippen LogP contribution < -0.4 is 5.43 Å². The monoisotopic (exact) mass is 171 g/mol. The summed E-state index contributed by atoms with van der Waals surface area (Å²) >= 11 is 5.71. The van der Waals surface area contributed by atoms with Gasteiger partial charge in [0.1, 0.15) is 5.02 Å². The molecule has 0 saturated carbocycles. The van der Waals surface area contributed by atoms with Gasteiger partial charge in [0.15, 0.2) is 0 Å². The van der Waals surface area contributed by atoms with Crippen molar-refractivity contribution in [2.24, 2.45) is 0 Å². The quantitative estimate of drug-likeness (QED) is 0.636. The third kappa shape index (κ3) is 1.31. The largest absolute Gasteiger partial charge is 0.361 e. The van der Waals surface area contributed by atoms with Crippen molar-refractivity contribution in [1.82, 2.24) is 4.98 Å². The first kappa shape index (κ1) is 8.34. The maximum Gasteiger partial charge on any atom is 0.203 e. The molecule has 2 nitrogen and oxygen atoms in total. The summed E-state index contributed by atoms with van der Waals surface area (Å²) in [6.07, 6.45) is 0. The van der Waals surface area contributed by atoms with E-state index in [1.165, 1.54) is 0 Å².